The molecule has 1 aromatic heterocycles. The standard InChI is InChI=1S/C14H10F3N3O2/c1-2-22-13(21)11-7-12(14(15,16)17)19-20(11)10-5-3-9(8-18)4-6-10/h3-7H,2H2,1H3. The Morgan fingerprint density at radius 1 is 1.36 bits per heavy atom. The van der Waals surface area contributed by atoms with Gasteiger partial charge in [-0.3, -0.25) is 0 Å². The molecule has 0 aliphatic heterocycles. The summed E-state index contributed by atoms with van der Waals surface area (Å²) in [5.41, 5.74) is -0.971. The van der Waals surface area contributed by atoms with Gasteiger partial charge in [0.15, 0.2) is 11.4 Å². The second kappa shape index (κ2) is 5.89. The molecule has 1 heterocycles. The average molecular weight is 309 g/mol. The van der Waals surface area contributed by atoms with Gasteiger partial charge in [0.05, 0.1) is 23.9 Å². The van der Waals surface area contributed by atoms with Crippen molar-refractivity contribution in [2.75, 3.05) is 6.61 Å². The molecule has 5 nitrogen and oxygen atoms in total. The third-order valence-electron chi connectivity index (χ3n) is 2.73. The van der Waals surface area contributed by atoms with Gasteiger partial charge in [-0.05, 0) is 31.2 Å². The lowest BCUT2D eigenvalue weighted by Crippen LogP contribution is -2.12. The molecule has 0 fully saturated rings. The van der Waals surface area contributed by atoms with E-state index < -0.39 is 17.8 Å². The molecule has 0 aliphatic carbocycles. The number of nitrogens with zero attached hydrogens (tertiary/aromatic N) is 3. The molecule has 0 aliphatic rings. The van der Waals surface area contributed by atoms with Crippen molar-refractivity contribution >= 4 is 5.97 Å². The lowest BCUT2D eigenvalue weighted by atomic mass is 10.2. The van der Waals surface area contributed by atoms with Gasteiger partial charge >= 0.3 is 12.1 Å². The van der Waals surface area contributed by atoms with Crippen molar-refractivity contribution < 1.29 is 22.7 Å². The molecular formula is C14H10F3N3O2. The molecule has 0 amide bonds. The van der Waals surface area contributed by atoms with Gasteiger partial charge in [0.25, 0.3) is 0 Å². The van der Waals surface area contributed by atoms with Crippen molar-refractivity contribution in [3.8, 4) is 11.8 Å². The number of benzene rings is 1. The minimum Gasteiger partial charge on any atom is -0.461 e. The van der Waals surface area contributed by atoms with Gasteiger partial charge in [0, 0.05) is 6.07 Å². The zero-order valence-electron chi connectivity index (χ0n) is 11.4. The number of halogens is 3. The quantitative estimate of drug-likeness (QED) is 0.818. The smallest absolute Gasteiger partial charge is 0.435 e. The molecule has 0 radical (unpaired) electrons. The first-order valence-electron chi connectivity index (χ1n) is 6.21. The van der Waals surface area contributed by atoms with Crippen LogP contribution in [0, 0.1) is 11.3 Å². The van der Waals surface area contributed by atoms with Gasteiger partial charge < -0.3 is 4.74 Å². The highest BCUT2D eigenvalue weighted by Crippen LogP contribution is 2.29. The number of hydrogen-bond acceptors (Lipinski definition) is 4. The van der Waals surface area contributed by atoms with Gasteiger partial charge in [-0.1, -0.05) is 0 Å². The summed E-state index contributed by atoms with van der Waals surface area (Å²) in [6, 6.07) is 8.15. The molecule has 2 aromatic rings. The summed E-state index contributed by atoms with van der Waals surface area (Å²) in [6.07, 6.45) is -4.68. The SMILES string of the molecule is CCOC(=O)c1cc(C(F)(F)F)nn1-c1ccc(C#N)cc1. The Morgan fingerprint density at radius 3 is 2.50 bits per heavy atom. The highest BCUT2D eigenvalue weighted by Gasteiger charge is 2.36. The van der Waals surface area contributed by atoms with Crippen molar-refractivity contribution in [2.24, 2.45) is 0 Å². The van der Waals surface area contributed by atoms with Crippen LogP contribution >= 0.6 is 0 Å². The van der Waals surface area contributed by atoms with Crippen LogP contribution in [0.2, 0.25) is 0 Å². The van der Waals surface area contributed by atoms with Crippen LogP contribution in [0.1, 0.15) is 28.7 Å². The van der Waals surface area contributed by atoms with E-state index in [1.165, 1.54) is 24.3 Å². The van der Waals surface area contributed by atoms with E-state index in [4.69, 9.17) is 10.00 Å². The first-order chi connectivity index (χ1) is 10.4. The fourth-order valence-electron chi connectivity index (χ4n) is 1.74. The van der Waals surface area contributed by atoms with Crippen LogP contribution in [-0.4, -0.2) is 22.4 Å². The summed E-state index contributed by atoms with van der Waals surface area (Å²) in [5, 5.41) is 12.1. The highest BCUT2D eigenvalue weighted by atomic mass is 19.4. The number of rotatable bonds is 3. The molecule has 114 valence electrons. The number of carbonyl (C=O) groups is 1. The van der Waals surface area contributed by atoms with E-state index in [0.29, 0.717) is 11.6 Å². The van der Waals surface area contributed by atoms with Crippen LogP contribution in [-0.2, 0) is 10.9 Å². The molecule has 8 heteroatoms. The number of esters is 1. The van der Waals surface area contributed by atoms with E-state index in [1.807, 2.05) is 6.07 Å². The van der Waals surface area contributed by atoms with E-state index in [9.17, 15) is 18.0 Å². The Morgan fingerprint density at radius 2 is 2.00 bits per heavy atom. The molecule has 0 saturated carbocycles. The minimum absolute atomic E-state index is 0.0265. The Hall–Kier alpha value is -2.82. The molecule has 0 spiro atoms. The van der Waals surface area contributed by atoms with Crippen LogP contribution in [0.4, 0.5) is 13.2 Å². The Balaban J connectivity index is 2.54. The fraction of sp³-hybridized carbons (Fsp3) is 0.214. The first kappa shape index (κ1) is 15.6. The van der Waals surface area contributed by atoms with Crippen molar-refractivity contribution in [1.29, 1.82) is 5.26 Å². The van der Waals surface area contributed by atoms with Crippen LogP contribution in [0.3, 0.4) is 0 Å². The normalized spacial score (nSPS) is 11.0. The van der Waals surface area contributed by atoms with E-state index in [-0.39, 0.29) is 18.0 Å². The predicted molar refractivity (Wildman–Crippen MR) is 69.2 cm³/mol. The maximum atomic E-state index is 12.8. The third-order valence-corrected chi connectivity index (χ3v) is 2.73. The Bertz CT molecular complexity index is 727. The zero-order valence-corrected chi connectivity index (χ0v) is 11.4. The van der Waals surface area contributed by atoms with E-state index in [0.717, 1.165) is 4.68 Å². The Kier molecular flexibility index (Phi) is 4.17. The van der Waals surface area contributed by atoms with Crippen molar-refractivity contribution in [3.63, 3.8) is 0 Å². The lowest BCUT2D eigenvalue weighted by Gasteiger charge is -2.06. The summed E-state index contributed by atoms with van der Waals surface area (Å²) >= 11 is 0. The van der Waals surface area contributed by atoms with Gasteiger partial charge in [-0.2, -0.15) is 23.5 Å². The predicted octanol–water partition coefficient (Wildman–Crippen LogP) is 2.94. The molecule has 2 rings (SSSR count). The molecule has 0 N–H and O–H groups in total. The summed E-state index contributed by atoms with van der Waals surface area (Å²) in [4.78, 5) is 11.8. The molecule has 0 atom stereocenters. The lowest BCUT2D eigenvalue weighted by molar-refractivity contribution is -0.141. The molecular weight excluding hydrogens is 299 g/mol. The molecule has 0 unspecified atom stereocenters. The fourth-order valence-corrected chi connectivity index (χ4v) is 1.74. The number of ether oxygens (including phenoxy) is 1. The summed E-state index contributed by atoms with van der Waals surface area (Å²) in [6.45, 7) is 1.57. The average Bonchev–Trinajstić information content (AvgIpc) is 2.93. The molecule has 22 heavy (non-hydrogen) atoms. The van der Waals surface area contributed by atoms with Gasteiger partial charge in [0.2, 0.25) is 0 Å². The van der Waals surface area contributed by atoms with Crippen LogP contribution < -0.4 is 0 Å². The molecule has 0 saturated heterocycles. The van der Waals surface area contributed by atoms with E-state index in [2.05, 4.69) is 5.10 Å². The number of hydrogen-bond donors (Lipinski definition) is 0. The highest BCUT2D eigenvalue weighted by molar-refractivity contribution is 5.88. The molecule has 1 aromatic carbocycles. The van der Waals surface area contributed by atoms with Gasteiger partial charge in [-0.15, -0.1) is 0 Å². The largest absolute Gasteiger partial charge is 0.461 e. The Labute approximate surface area is 123 Å². The second-order valence-corrected chi connectivity index (χ2v) is 4.20. The summed E-state index contributed by atoms with van der Waals surface area (Å²) < 4.78 is 44.0. The summed E-state index contributed by atoms with van der Waals surface area (Å²) in [7, 11) is 0. The van der Waals surface area contributed by atoms with E-state index in [1.54, 1.807) is 6.92 Å². The number of carbonyl (C=O) groups excluding carboxylic acids is 1. The molecule has 0 bridgehead atoms. The number of nitriles is 1. The monoisotopic (exact) mass is 309 g/mol. The minimum atomic E-state index is -4.68. The van der Waals surface area contributed by atoms with Gasteiger partial charge in [-0.25, -0.2) is 9.48 Å². The topological polar surface area (TPSA) is 67.9 Å². The van der Waals surface area contributed by atoms with Crippen LogP contribution in [0.25, 0.3) is 5.69 Å². The van der Waals surface area contributed by atoms with Crippen LogP contribution in [0.5, 0.6) is 0 Å². The van der Waals surface area contributed by atoms with E-state index >= 15 is 0 Å². The van der Waals surface area contributed by atoms with Crippen LogP contribution in [0.15, 0.2) is 30.3 Å². The zero-order chi connectivity index (χ0) is 16.3. The second-order valence-electron chi connectivity index (χ2n) is 4.20. The van der Waals surface area contributed by atoms with Crippen molar-refractivity contribution in [3.05, 3.63) is 47.3 Å². The summed E-state index contributed by atoms with van der Waals surface area (Å²) in [5.74, 6) is -0.908. The van der Waals surface area contributed by atoms with Crippen molar-refractivity contribution in [2.45, 2.75) is 13.1 Å². The number of aromatic nitrogens is 2. The van der Waals surface area contributed by atoms with Gasteiger partial charge in [0.1, 0.15) is 0 Å². The third kappa shape index (κ3) is 3.09. The number of alkyl halides is 3. The maximum absolute atomic E-state index is 12.8. The van der Waals surface area contributed by atoms with Crippen molar-refractivity contribution in [1.82, 2.24) is 9.78 Å². The maximum Gasteiger partial charge on any atom is 0.435 e. The first-order valence-corrected chi connectivity index (χ1v) is 6.21.